The average molecular weight is 377 g/mol. The van der Waals surface area contributed by atoms with Gasteiger partial charge in [0, 0.05) is 37.0 Å². The molecule has 1 aromatic heterocycles. The second-order valence-corrected chi connectivity index (χ2v) is 7.18. The molecule has 1 saturated heterocycles. The zero-order valence-corrected chi connectivity index (χ0v) is 14.7. The number of aromatic carboxylic acids is 1. The van der Waals surface area contributed by atoms with E-state index >= 15 is 4.39 Å². The number of aliphatic hydroxyl groups excluding tert-OH is 1. The molecular formula is C18H20FN3O5. The summed E-state index contributed by atoms with van der Waals surface area (Å²) in [5, 5.41) is 19.1. The maximum absolute atomic E-state index is 15.0. The molecule has 2 aliphatic heterocycles. The fraction of sp³-hybridized carbons (Fsp3) is 0.444. The van der Waals surface area contributed by atoms with Crippen molar-refractivity contribution in [3.8, 4) is 5.75 Å². The van der Waals surface area contributed by atoms with Gasteiger partial charge in [-0.05, 0) is 19.1 Å². The lowest BCUT2D eigenvalue weighted by molar-refractivity contribution is 0.0694. The Morgan fingerprint density at radius 3 is 2.78 bits per heavy atom. The van der Waals surface area contributed by atoms with Crippen molar-refractivity contribution in [2.24, 2.45) is 11.7 Å². The summed E-state index contributed by atoms with van der Waals surface area (Å²) in [5.41, 5.74) is 5.55. The average Bonchev–Trinajstić information content (AvgIpc) is 2.98. The van der Waals surface area contributed by atoms with Crippen molar-refractivity contribution in [1.29, 1.82) is 0 Å². The third kappa shape index (κ3) is 2.57. The first-order valence-corrected chi connectivity index (χ1v) is 8.72. The summed E-state index contributed by atoms with van der Waals surface area (Å²) < 4.78 is 22.2. The molecule has 3 atom stereocenters. The van der Waals surface area contributed by atoms with Crippen LogP contribution >= 0.6 is 0 Å². The fourth-order valence-electron chi connectivity index (χ4n) is 3.99. The summed E-state index contributed by atoms with van der Waals surface area (Å²) in [5.74, 6) is -1.92. The number of nitrogens with two attached hydrogens (primary N) is 1. The van der Waals surface area contributed by atoms with E-state index in [0.29, 0.717) is 18.6 Å². The van der Waals surface area contributed by atoms with Crippen LogP contribution in [0, 0.1) is 11.7 Å². The number of nitrogens with zero attached hydrogens (tertiary/aromatic N) is 2. The van der Waals surface area contributed by atoms with Gasteiger partial charge < -0.3 is 25.6 Å². The van der Waals surface area contributed by atoms with Crippen LogP contribution in [0.5, 0.6) is 5.75 Å². The standard InChI is InChI=1S/C18H20FN3O5/c1-8-7-27-16-14-9(2-11(18(25)26)17(24)22(8)14)3-12(19)15(16)21-4-10(6-23)13(20)5-21/h2-3,8,10,13,23H,4-7,20H2,1H3,(H,25,26)/t8-,10?,13?/m0/s1. The Labute approximate surface area is 153 Å². The van der Waals surface area contributed by atoms with Crippen LogP contribution in [0.2, 0.25) is 0 Å². The molecule has 0 saturated carbocycles. The number of carboxylic acid groups (broad SMARTS) is 1. The number of aromatic nitrogens is 1. The van der Waals surface area contributed by atoms with Crippen molar-refractivity contribution in [1.82, 2.24) is 4.57 Å². The Hall–Kier alpha value is -2.65. The van der Waals surface area contributed by atoms with Gasteiger partial charge in [-0.2, -0.15) is 0 Å². The van der Waals surface area contributed by atoms with E-state index in [9.17, 15) is 19.8 Å². The minimum atomic E-state index is -1.35. The summed E-state index contributed by atoms with van der Waals surface area (Å²) in [6, 6.07) is 1.70. The van der Waals surface area contributed by atoms with Gasteiger partial charge in [-0.25, -0.2) is 9.18 Å². The minimum Gasteiger partial charge on any atom is -0.487 e. The molecule has 2 unspecified atom stereocenters. The van der Waals surface area contributed by atoms with Gasteiger partial charge in [0.2, 0.25) is 0 Å². The van der Waals surface area contributed by atoms with Gasteiger partial charge in [-0.1, -0.05) is 0 Å². The molecule has 0 aliphatic carbocycles. The van der Waals surface area contributed by atoms with Gasteiger partial charge in [0.1, 0.15) is 17.9 Å². The van der Waals surface area contributed by atoms with Gasteiger partial charge in [0.25, 0.3) is 5.56 Å². The Morgan fingerprint density at radius 1 is 1.41 bits per heavy atom. The molecule has 2 aliphatic rings. The maximum atomic E-state index is 15.0. The minimum absolute atomic E-state index is 0.104. The van der Waals surface area contributed by atoms with Crippen LogP contribution in [0.25, 0.3) is 10.9 Å². The molecule has 1 aromatic carbocycles. The Morgan fingerprint density at radius 2 is 2.15 bits per heavy atom. The van der Waals surface area contributed by atoms with E-state index in [1.807, 2.05) is 0 Å². The third-order valence-corrected chi connectivity index (χ3v) is 5.38. The van der Waals surface area contributed by atoms with E-state index in [4.69, 9.17) is 10.5 Å². The first-order chi connectivity index (χ1) is 12.8. The molecule has 3 heterocycles. The molecule has 0 radical (unpaired) electrons. The van der Waals surface area contributed by atoms with Crippen LogP contribution in [0.15, 0.2) is 16.9 Å². The maximum Gasteiger partial charge on any atom is 0.341 e. The molecule has 0 spiro atoms. The van der Waals surface area contributed by atoms with Crippen LogP contribution in [-0.4, -0.2) is 53.1 Å². The van der Waals surface area contributed by atoms with Gasteiger partial charge in [0.05, 0.1) is 11.6 Å². The second kappa shape index (κ2) is 6.21. The lowest BCUT2D eigenvalue weighted by Crippen LogP contribution is -2.35. The van der Waals surface area contributed by atoms with Crippen LogP contribution in [0.3, 0.4) is 0 Å². The molecule has 4 N–H and O–H groups in total. The molecule has 144 valence electrons. The molecular weight excluding hydrogens is 357 g/mol. The highest BCUT2D eigenvalue weighted by atomic mass is 19.1. The van der Waals surface area contributed by atoms with Crippen LogP contribution in [0.1, 0.15) is 23.3 Å². The van der Waals surface area contributed by atoms with Crippen molar-refractivity contribution >= 4 is 22.6 Å². The zero-order valence-electron chi connectivity index (χ0n) is 14.7. The SMILES string of the molecule is C[C@H]1COc2c(N3CC(N)C(CO)C3)c(F)cc3cc(C(=O)O)c(=O)n1c23. The van der Waals surface area contributed by atoms with E-state index in [1.165, 1.54) is 16.7 Å². The molecule has 1 fully saturated rings. The number of halogens is 1. The third-order valence-electron chi connectivity index (χ3n) is 5.38. The normalized spacial score (nSPS) is 24.3. The predicted molar refractivity (Wildman–Crippen MR) is 96.1 cm³/mol. The van der Waals surface area contributed by atoms with E-state index in [-0.39, 0.29) is 42.0 Å². The van der Waals surface area contributed by atoms with E-state index in [1.54, 1.807) is 11.8 Å². The molecule has 27 heavy (non-hydrogen) atoms. The summed E-state index contributed by atoms with van der Waals surface area (Å²) in [7, 11) is 0. The number of hydrogen-bond donors (Lipinski definition) is 3. The van der Waals surface area contributed by atoms with Crippen molar-refractivity contribution in [3.05, 3.63) is 33.9 Å². The van der Waals surface area contributed by atoms with E-state index in [0.717, 1.165) is 0 Å². The molecule has 0 bridgehead atoms. The lowest BCUT2D eigenvalue weighted by atomic mass is 10.1. The Balaban J connectivity index is 1.99. The van der Waals surface area contributed by atoms with Crippen molar-refractivity contribution in [2.45, 2.75) is 19.0 Å². The number of rotatable bonds is 3. The monoisotopic (exact) mass is 377 g/mol. The van der Waals surface area contributed by atoms with Crippen molar-refractivity contribution in [2.75, 3.05) is 31.2 Å². The summed E-state index contributed by atoms with van der Waals surface area (Å²) >= 11 is 0. The first-order valence-electron chi connectivity index (χ1n) is 8.72. The quantitative estimate of drug-likeness (QED) is 0.715. The first kappa shape index (κ1) is 17.7. The van der Waals surface area contributed by atoms with E-state index < -0.39 is 29.0 Å². The number of aliphatic hydroxyl groups is 1. The van der Waals surface area contributed by atoms with Gasteiger partial charge in [-0.3, -0.25) is 9.36 Å². The van der Waals surface area contributed by atoms with Crippen molar-refractivity contribution < 1.29 is 24.1 Å². The topological polar surface area (TPSA) is 118 Å². The lowest BCUT2D eigenvalue weighted by Gasteiger charge is -2.30. The molecule has 4 rings (SSSR count). The number of anilines is 1. The van der Waals surface area contributed by atoms with Gasteiger partial charge in [-0.15, -0.1) is 0 Å². The number of carboxylic acids is 1. The summed E-state index contributed by atoms with van der Waals surface area (Å²) in [6.07, 6.45) is 0. The molecule has 9 heteroatoms. The zero-order chi connectivity index (χ0) is 19.5. The number of carbonyl (C=O) groups is 1. The number of ether oxygens (including phenoxy) is 1. The summed E-state index contributed by atoms with van der Waals surface area (Å²) in [6.45, 7) is 2.46. The highest BCUT2D eigenvalue weighted by Crippen LogP contribution is 2.43. The molecule has 0 amide bonds. The second-order valence-electron chi connectivity index (χ2n) is 7.18. The van der Waals surface area contributed by atoms with Crippen LogP contribution in [-0.2, 0) is 0 Å². The van der Waals surface area contributed by atoms with E-state index in [2.05, 4.69) is 0 Å². The smallest absolute Gasteiger partial charge is 0.341 e. The van der Waals surface area contributed by atoms with Crippen LogP contribution in [0.4, 0.5) is 10.1 Å². The number of pyridine rings is 1. The largest absolute Gasteiger partial charge is 0.487 e. The fourth-order valence-corrected chi connectivity index (χ4v) is 3.99. The van der Waals surface area contributed by atoms with Crippen LogP contribution < -0.4 is 20.9 Å². The highest BCUT2D eigenvalue weighted by molar-refractivity contribution is 5.97. The number of hydrogen-bond acceptors (Lipinski definition) is 6. The predicted octanol–water partition coefficient (Wildman–Crippen LogP) is 0.548. The molecule has 8 nitrogen and oxygen atoms in total. The van der Waals surface area contributed by atoms with Gasteiger partial charge in [0.15, 0.2) is 11.6 Å². The van der Waals surface area contributed by atoms with Crippen molar-refractivity contribution in [3.63, 3.8) is 0 Å². The Bertz CT molecular complexity index is 1000. The number of benzene rings is 1. The molecule has 2 aromatic rings. The summed E-state index contributed by atoms with van der Waals surface area (Å²) in [4.78, 5) is 25.8. The Kier molecular flexibility index (Phi) is 4.08. The highest BCUT2D eigenvalue weighted by Gasteiger charge is 2.35. The van der Waals surface area contributed by atoms with Gasteiger partial charge >= 0.3 is 5.97 Å².